The number of nitrogen functional groups attached to an aromatic ring is 1. The first kappa shape index (κ1) is 12.5. The van der Waals surface area contributed by atoms with Crippen molar-refractivity contribution in [2.24, 2.45) is 0 Å². The average molecular weight is 315 g/mol. The van der Waals surface area contributed by atoms with Crippen molar-refractivity contribution in [1.29, 1.82) is 0 Å². The molecule has 0 saturated heterocycles. The van der Waals surface area contributed by atoms with Crippen LogP contribution in [-0.4, -0.2) is 10.2 Å². The van der Waals surface area contributed by atoms with Gasteiger partial charge in [0.2, 0.25) is 0 Å². The van der Waals surface area contributed by atoms with E-state index in [4.69, 9.17) is 17.3 Å². The van der Waals surface area contributed by atoms with Crippen molar-refractivity contribution in [2.75, 3.05) is 5.73 Å². The Kier molecular flexibility index (Phi) is 3.45. The van der Waals surface area contributed by atoms with Gasteiger partial charge in [-0.05, 0) is 34.0 Å². The smallest absolute Gasteiger partial charge is 0.149 e. The van der Waals surface area contributed by atoms with Crippen molar-refractivity contribution < 1.29 is 0 Å². The molecule has 17 heavy (non-hydrogen) atoms. The van der Waals surface area contributed by atoms with E-state index >= 15 is 0 Å². The predicted octanol–water partition coefficient (Wildman–Crippen LogP) is 4.20. The van der Waals surface area contributed by atoms with Gasteiger partial charge >= 0.3 is 0 Å². The second-order valence-electron chi connectivity index (χ2n) is 4.18. The summed E-state index contributed by atoms with van der Waals surface area (Å²) in [5.41, 5.74) is 8.88. The van der Waals surface area contributed by atoms with Crippen LogP contribution in [0.5, 0.6) is 0 Å². The summed E-state index contributed by atoms with van der Waals surface area (Å²) in [7, 11) is 0. The number of rotatable bonds is 2. The van der Waals surface area contributed by atoms with Gasteiger partial charge in [0, 0.05) is 15.6 Å². The maximum Gasteiger partial charge on any atom is 0.149 e. The predicted molar refractivity (Wildman–Crippen MR) is 75.2 cm³/mol. The third kappa shape index (κ3) is 2.33. The topological polar surface area (TPSA) is 54.7 Å². The first-order valence-electron chi connectivity index (χ1n) is 5.30. The van der Waals surface area contributed by atoms with Gasteiger partial charge in [-0.15, -0.1) is 0 Å². The monoisotopic (exact) mass is 313 g/mol. The summed E-state index contributed by atoms with van der Waals surface area (Å²) < 4.78 is 0.861. The molecule has 0 aliphatic carbocycles. The molecule has 3 N–H and O–H groups in total. The second kappa shape index (κ2) is 4.70. The standard InChI is InChI=1S/C12H13BrClN3/c1-6(2)10-11(16-17-12(10)15)7-3-4-9(14)8(13)5-7/h3-6H,1-2H3,(H3,15,16,17). The van der Waals surface area contributed by atoms with Gasteiger partial charge in [0.05, 0.1) is 10.7 Å². The minimum Gasteiger partial charge on any atom is -0.382 e. The number of aromatic amines is 1. The Balaban J connectivity index is 2.56. The Hall–Kier alpha value is -1.000. The van der Waals surface area contributed by atoms with Gasteiger partial charge < -0.3 is 5.73 Å². The normalized spacial score (nSPS) is 11.1. The minimum atomic E-state index is 0.318. The lowest BCUT2D eigenvalue weighted by atomic mass is 9.99. The highest BCUT2D eigenvalue weighted by molar-refractivity contribution is 9.10. The van der Waals surface area contributed by atoms with Crippen LogP contribution in [0.15, 0.2) is 22.7 Å². The van der Waals surface area contributed by atoms with Gasteiger partial charge in [-0.3, -0.25) is 5.10 Å². The molecule has 0 fully saturated rings. The van der Waals surface area contributed by atoms with E-state index in [0.29, 0.717) is 16.8 Å². The highest BCUT2D eigenvalue weighted by Gasteiger charge is 2.16. The van der Waals surface area contributed by atoms with E-state index in [9.17, 15) is 0 Å². The fourth-order valence-electron chi connectivity index (χ4n) is 1.82. The Labute approximate surface area is 113 Å². The van der Waals surface area contributed by atoms with Gasteiger partial charge in [0.15, 0.2) is 0 Å². The number of nitrogens with one attached hydrogen (secondary N) is 1. The van der Waals surface area contributed by atoms with Crippen molar-refractivity contribution in [1.82, 2.24) is 10.2 Å². The van der Waals surface area contributed by atoms with E-state index in [1.165, 1.54) is 0 Å². The molecule has 0 bridgehead atoms. The molecule has 0 unspecified atom stereocenters. The van der Waals surface area contributed by atoms with E-state index in [0.717, 1.165) is 21.3 Å². The van der Waals surface area contributed by atoms with Crippen LogP contribution in [0.25, 0.3) is 11.3 Å². The summed E-state index contributed by atoms with van der Waals surface area (Å²) in [4.78, 5) is 0. The van der Waals surface area contributed by atoms with Crippen molar-refractivity contribution in [3.63, 3.8) is 0 Å². The Morgan fingerprint density at radius 2 is 2.12 bits per heavy atom. The number of anilines is 1. The molecule has 0 amide bonds. The number of H-pyrrole nitrogens is 1. The second-order valence-corrected chi connectivity index (χ2v) is 5.44. The van der Waals surface area contributed by atoms with Crippen LogP contribution in [0.2, 0.25) is 5.02 Å². The number of halogens is 2. The minimum absolute atomic E-state index is 0.318. The molecule has 0 aliphatic rings. The van der Waals surface area contributed by atoms with Crippen molar-refractivity contribution in [3.8, 4) is 11.3 Å². The summed E-state index contributed by atoms with van der Waals surface area (Å²) in [6.07, 6.45) is 0. The molecule has 0 spiro atoms. The molecule has 2 aromatic rings. The zero-order valence-electron chi connectivity index (χ0n) is 9.59. The summed E-state index contributed by atoms with van der Waals surface area (Å²) in [5, 5.41) is 7.74. The molecule has 2 rings (SSSR count). The third-order valence-electron chi connectivity index (χ3n) is 2.62. The number of aromatic nitrogens is 2. The first-order chi connectivity index (χ1) is 8.00. The summed E-state index contributed by atoms with van der Waals surface area (Å²) in [6.45, 7) is 4.19. The van der Waals surface area contributed by atoms with Crippen LogP contribution in [0.1, 0.15) is 25.3 Å². The number of benzene rings is 1. The van der Waals surface area contributed by atoms with Crippen LogP contribution in [0.3, 0.4) is 0 Å². The molecule has 3 nitrogen and oxygen atoms in total. The number of hydrogen-bond donors (Lipinski definition) is 2. The molecule has 0 saturated carbocycles. The van der Waals surface area contributed by atoms with Gasteiger partial charge in [0.1, 0.15) is 5.82 Å². The first-order valence-corrected chi connectivity index (χ1v) is 6.47. The highest BCUT2D eigenvalue weighted by atomic mass is 79.9. The largest absolute Gasteiger partial charge is 0.382 e. The van der Waals surface area contributed by atoms with Crippen LogP contribution < -0.4 is 5.73 Å². The van der Waals surface area contributed by atoms with Gasteiger partial charge in [-0.2, -0.15) is 5.10 Å². The van der Waals surface area contributed by atoms with Gasteiger partial charge in [0.25, 0.3) is 0 Å². The molecular formula is C12H13BrClN3. The highest BCUT2D eigenvalue weighted by Crippen LogP contribution is 2.34. The lowest BCUT2D eigenvalue weighted by molar-refractivity contribution is 0.873. The lowest BCUT2D eigenvalue weighted by Gasteiger charge is -2.08. The molecule has 1 aromatic carbocycles. The van der Waals surface area contributed by atoms with Crippen LogP contribution in [0.4, 0.5) is 5.82 Å². The van der Waals surface area contributed by atoms with Crippen LogP contribution >= 0.6 is 27.5 Å². The quantitative estimate of drug-likeness (QED) is 0.873. The Bertz CT molecular complexity index is 549. The Morgan fingerprint density at radius 1 is 1.41 bits per heavy atom. The van der Waals surface area contributed by atoms with E-state index < -0.39 is 0 Å². The van der Waals surface area contributed by atoms with Crippen molar-refractivity contribution >= 4 is 33.3 Å². The SMILES string of the molecule is CC(C)c1c(N)n[nH]c1-c1ccc(Cl)c(Br)c1. The zero-order chi connectivity index (χ0) is 12.6. The summed E-state index contributed by atoms with van der Waals surface area (Å²) in [6, 6.07) is 5.76. The van der Waals surface area contributed by atoms with Gasteiger partial charge in [-0.25, -0.2) is 0 Å². The van der Waals surface area contributed by atoms with E-state index in [1.54, 1.807) is 0 Å². The maximum absolute atomic E-state index is 5.98. The fourth-order valence-corrected chi connectivity index (χ4v) is 2.32. The van der Waals surface area contributed by atoms with E-state index in [-0.39, 0.29) is 0 Å². The van der Waals surface area contributed by atoms with Crippen molar-refractivity contribution in [3.05, 3.63) is 33.3 Å². The maximum atomic E-state index is 5.98. The fraction of sp³-hybridized carbons (Fsp3) is 0.250. The number of nitrogens with zero attached hydrogens (tertiary/aromatic N) is 1. The number of nitrogens with two attached hydrogens (primary N) is 1. The molecule has 0 radical (unpaired) electrons. The molecule has 90 valence electrons. The molecular weight excluding hydrogens is 302 g/mol. The van der Waals surface area contributed by atoms with Crippen molar-refractivity contribution in [2.45, 2.75) is 19.8 Å². The summed E-state index contributed by atoms with van der Waals surface area (Å²) >= 11 is 9.39. The van der Waals surface area contributed by atoms with Crippen LogP contribution in [0, 0.1) is 0 Å². The molecule has 1 aromatic heterocycles. The van der Waals surface area contributed by atoms with Crippen LogP contribution in [-0.2, 0) is 0 Å². The third-order valence-corrected chi connectivity index (χ3v) is 3.83. The molecule has 5 heteroatoms. The summed E-state index contributed by atoms with van der Waals surface area (Å²) in [5.74, 6) is 0.874. The molecule has 0 aliphatic heterocycles. The average Bonchev–Trinajstić information content (AvgIpc) is 2.64. The molecule has 0 atom stereocenters. The Morgan fingerprint density at radius 3 is 2.71 bits per heavy atom. The van der Waals surface area contributed by atoms with E-state index in [1.807, 2.05) is 18.2 Å². The molecule has 1 heterocycles. The lowest BCUT2D eigenvalue weighted by Crippen LogP contribution is -1.95. The number of hydrogen-bond acceptors (Lipinski definition) is 2. The van der Waals surface area contributed by atoms with E-state index in [2.05, 4.69) is 40.0 Å². The van der Waals surface area contributed by atoms with Gasteiger partial charge in [-0.1, -0.05) is 31.5 Å². The zero-order valence-corrected chi connectivity index (χ0v) is 11.9.